The Bertz CT molecular complexity index is 941. The summed E-state index contributed by atoms with van der Waals surface area (Å²) < 4.78 is 4.90. The maximum atomic E-state index is 12.2. The maximum absolute atomic E-state index is 12.2. The largest absolute Gasteiger partial charge is 0.465 e. The molecule has 2 heterocycles. The first-order valence-corrected chi connectivity index (χ1v) is 7.68. The molecule has 0 amide bonds. The second-order valence-corrected chi connectivity index (χ2v) is 5.81. The number of esters is 1. The number of ether oxygens (including phenoxy) is 1. The van der Waals surface area contributed by atoms with Crippen LogP contribution in [0.3, 0.4) is 0 Å². The molecule has 1 aromatic carbocycles. The summed E-state index contributed by atoms with van der Waals surface area (Å²) in [6.07, 6.45) is 1.51. The van der Waals surface area contributed by atoms with Crippen molar-refractivity contribution in [1.82, 2.24) is 9.97 Å². The number of benzene rings is 1. The fourth-order valence-corrected chi connectivity index (χ4v) is 2.66. The molecular formula is C19H20ClN3O2. The van der Waals surface area contributed by atoms with Crippen molar-refractivity contribution in [2.45, 2.75) is 20.8 Å². The number of rotatable bonds is 3. The molecule has 5 nitrogen and oxygen atoms in total. The highest BCUT2D eigenvalue weighted by Gasteiger charge is 2.17. The molecule has 6 heteroatoms. The number of hydrogen-bond acceptors (Lipinski definition) is 5. The van der Waals surface area contributed by atoms with Gasteiger partial charge >= 0.3 is 5.97 Å². The molecule has 0 atom stereocenters. The zero-order chi connectivity index (χ0) is 17.3. The SMILES string of the molecule is COC(=O)c1cnc2nc(C)ccc2c1Nc1ccc(C)cc1C.Cl. The molecule has 0 spiro atoms. The van der Waals surface area contributed by atoms with Gasteiger partial charge in [0.2, 0.25) is 0 Å². The van der Waals surface area contributed by atoms with E-state index in [1.54, 1.807) is 0 Å². The van der Waals surface area contributed by atoms with Gasteiger partial charge in [-0.2, -0.15) is 0 Å². The summed E-state index contributed by atoms with van der Waals surface area (Å²) in [6.45, 7) is 5.98. The summed E-state index contributed by atoms with van der Waals surface area (Å²) in [4.78, 5) is 20.9. The first-order chi connectivity index (χ1) is 11.5. The van der Waals surface area contributed by atoms with Crippen molar-refractivity contribution in [3.63, 3.8) is 0 Å². The Morgan fingerprint density at radius 1 is 1.12 bits per heavy atom. The van der Waals surface area contributed by atoms with Crippen LogP contribution in [-0.4, -0.2) is 23.0 Å². The van der Waals surface area contributed by atoms with E-state index < -0.39 is 5.97 Å². The summed E-state index contributed by atoms with van der Waals surface area (Å²) in [5.41, 5.74) is 5.72. The minimum absolute atomic E-state index is 0. The van der Waals surface area contributed by atoms with Gasteiger partial charge in [0, 0.05) is 23.0 Å². The minimum Gasteiger partial charge on any atom is -0.465 e. The summed E-state index contributed by atoms with van der Waals surface area (Å²) in [5.74, 6) is -0.433. The van der Waals surface area contributed by atoms with Gasteiger partial charge in [-0.25, -0.2) is 14.8 Å². The standard InChI is InChI=1S/C19H19N3O2.ClH/c1-11-5-8-16(12(2)9-11)22-17-14-7-6-13(3)21-18(14)20-10-15(17)19(23)24-4;/h5-10H,1-4H3,(H,20,21,22);1H. The Labute approximate surface area is 152 Å². The molecule has 0 aliphatic rings. The molecule has 3 rings (SSSR count). The number of fused-ring (bicyclic) bond motifs is 1. The van der Waals surface area contributed by atoms with Gasteiger partial charge in [-0.05, 0) is 44.5 Å². The average molecular weight is 358 g/mol. The normalized spacial score (nSPS) is 10.2. The molecule has 0 saturated carbocycles. The van der Waals surface area contributed by atoms with Crippen LogP contribution in [0, 0.1) is 20.8 Å². The highest BCUT2D eigenvalue weighted by Crippen LogP contribution is 2.30. The van der Waals surface area contributed by atoms with Crippen LogP contribution < -0.4 is 5.32 Å². The van der Waals surface area contributed by atoms with Gasteiger partial charge < -0.3 is 10.1 Å². The third-order valence-corrected chi connectivity index (χ3v) is 3.92. The second-order valence-electron chi connectivity index (χ2n) is 5.81. The molecule has 0 fully saturated rings. The quantitative estimate of drug-likeness (QED) is 0.699. The summed E-state index contributed by atoms with van der Waals surface area (Å²) in [7, 11) is 1.36. The number of methoxy groups -OCH3 is 1. The van der Waals surface area contributed by atoms with E-state index in [2.05, 4.69) is 21.4 Å². The van der Waals surface area contributed by atoms with Crippen LogP contribution in [-0.2, 0) is 4.74 Å². The highest BCUT2D eigenvalue weighted by molar-refractivity contribution is 6.05. The third kappa shape index (κ3) is 3.72. The van der Waals surface area contributed by atoms with Gasteiger partial charge in [-0.3, -0.25) is 0 Å². The minimum atomic E-state index is -0.433. The van der Waals surface area contributed by atoms with Gasteiger partial charge in [0.1, 0.15) is 5.56 Å². The van der Waals surface area contributed by atoms with E-state index in [-0.39, 0.29) is 12.4 Å². The van der Waals surface area contributed by atoms with Crippen molar-refractivity contribution < 1.29 is 9.53 Å². The topological polar surface area (TPSA) is 64.1 Å². The molecule has 0 aliphatic heterocycles. The number of aryl methyl sites for hydroxylation is 3. The number of aromatic nitrogens is 2. The van der Waals surface area contributed by atoms with E-state index in [1.807, 2.05) is 45.0 Å². The zero-order valence-corrected chi connectivity index (χ0v) is 15.4. The monoisotopic (exact) mass is 357 g/mol. The van der Waals surface area contributed by atoms with Gasteiger partial charge in [0.25, 0.3) is 0 Å². The van der Waals surface area contributed by atoms with Crippen molar-refractivity contribution in [2.24, 2.45) is 0 Å². The third-order valence-electron chi connectivity index (χ3n) is 3.92. The van der Waals surface area contributed by atoms with Crippen molar-refractivity contribution >= 4 is 40.8 Å². The smallest absolute Gasteiger partial charge is 0.341 e. The Morgan fingerprint density at radius 2 is 1.88 bits per heavy atom. The molecule has 0 radical (unpaired) electrons. The zero-order valence-electron chi connectivity index (χ0n) is 14.6. The van der Waals surface area contributed by atoms with E-state index in [0.29, 0.717) is 16.9 Å². The number of anilines is 2. The lowest BCUT2D eigenvalue weighted by Crippen LogP contribution is -2.08. The Morgan fingerprint density at radius 3 is 2.56 bits per heavy atom. The van der Waals surface area contributed by atoms with Crippen molar-refractivity contribution in [3.05, 3.63) is 58.9 Å². The summed E-state index contributed by atoms with van der Waals surface area (Å²) in [6, 6.07) is 9.94. The molecule has 0 saturated heterocycles. The second kappa shape index (κ2) is 7.49. The number of nitrogens with one attached hydrogen (secondary N) is 1. The van der Waals surface area contributed by atoms with E-state index in [1.165, 1.54) is 18.9 Å². The van der Waals surface area contributed by atoms with Crippen LogP contribution in [0.5, 0.6) is 0 Å². The van der Waals surface area contributed by atoms with Crippen LogP contribution in [0.2, 0.25) is 0 Å². The number of carbonyl (C=O) groups excluding carboxylic acids is 1. The predicted octanol–water partition coefficient (Wildman–Crippen LogP) is 4.51. The fraction of sp³-hybridized carbons (Fsp3) is 0.211. The first-order valence-electron chi connectivity index (χ1n) is 7.68. The number of carbonyl (C=O) groups is 1. The molecular weight excluding hydrogens is 338 g/mol. The van der Waals surface area contributed by atoms with Crippen LogP contribution in [0.25, 0.3) is 11.0 Å². The van der Waals surface area contributed by atoms with Crippen LogP contribution >= 0.6 is 12.4 Å². The molecule has 0 unspecified atom stereocenters. The van der Waals surface area contributed by atoms with Crippen molar-refractivity contribution in [2.75, 3.05) is 12.4 Å². The van der Waals surface area contributed by atoms with E-state index in [9.17, 15) is 4.79 Å². The van der Waals surface area contributed by atoms with E-state index in [4.69, 9.17) is 4.74 Å². The molecule has 1 N–H and O–H groups in total. The van der Waals surface area contributed by atoms with Crippen LogP contribution in [0.4, 0.5) is 11.4 Å². The fourth-order valence-electron chi connectivity index (χ4n) is 2.66. The van der Waals surface area contributed by atoms with Crippen LogP contribution in [0.1, 0.15) is 27.2 Å². The Balaban J connectivity index is 0.00000225. The van der Waals surface area contributed by atoms with Gasteiger partial charge in [-0.15, -0.1) is 12.4 Å². The highest BCUT2D eigenvalue weighted by atomic mass is 35.5. The molecule has 130 valence electrons. The molecule has 0 bridgehead atoms. The Kier molecular flexibility index (Phi) is 5.59. The van der Waals surface area contributed by atoms with Gasteiger partial charge in [0.05, 0.1) is 12.8 Å². The number of nitrogens with zero attached hydrogens (tertiary/aromatic N) is 2. The van der Waals surface area contributed by atoms with E-state index in [0.717, 1.165) is 22.3 Å². The first kappa shape index (κ1) is 18.7. The Hall–Kier alpha value is -2.66. The lowest BCUT2D eigenvalue weighted by molar-refractivity contribution is 0.0601. The molecule has 3 aromatic rings. The molecule has 2 aromatic heterocycles. The predicted molar refractivity (Wildman–Crippen MR) is 102 cm³/mol. The molecule has 0 aliphatic carbocycles. The van der Waals surface area contributed by atoms with Crippen molar-refractivity contribution in [1.29, 1.82) is 0 Å². The maximum Gasteiger partial charge on any atom is 0.341 e. The number of halogens is 1. The number of hydrogen-bond donors (Lipinski definition) is 1. The molecule has 25 heavy (non-hydrogen) atoms. The summed E-state index contributed by atoms with van der Waals surface area (Å²) >= 11 is 0. The lowest BCUT2D eigenvalue weighted by Gasteiger charge is -2.15. The van der Waals surface area contributed by atoms with Crippen molar-refractivity contribution in [3.8, 4) is 0 Å². The van der Waals surface area contributed by atoms with Crippen LogP contribution in [0.15, 0.2) is 36.5 Å². The lowest BCUT2D eigenvalue weighted by atomic mass is 10.1. The number of pyridine rings is 2. The summed E-state index contributed by atoms with van der Waals surface area (Å²) in [5, 5.41) is 4.15. The van der Waals surface area contributed by atoms with Gasteiger partial charge in [-0.1, -0.05) is 17.7 Å². The van der Waals surface area contributed by atoms with Gasteiger partial charge in [0.15, 0.2) is 5.65 Å². The average Bonchev–Trinajstić information content (AvgIpc) is 2.56. The van der Waals surface area contributed by atoms with E-state index >= 15 is 0 Å².